The molecule has 0 aliphatic heterocycles. The van der Waals surface area contributed by atoms with Crippen LogP contribution >= 0.6 is 0 Å². The monoisotopic (exact) mass is 261 g/mol. The standard InChI is InChI=1S/C16H23NO2/c1-12-5-3-7-14(9-12)17-16(18)11-19-15-8-4-6-13(2)10-15/h4,6,8,10,12,14H,3,5,7,9,11H2,1-2H3,(H,17,18). The molecule has 1 aromatic rings. The molecular formula is C16H23NO2. The van der Waals surface area contributed by atoms with Crippen molar-refractivity contribution in [3.63, 3.8) is 0 Å². The maximum atomic E-state index is 11.8. The third-order valence-electron chi connectivity index (χ3n) is 3.66. The van der Waals surface area contributed by atoms with Gasteiger partial charge in [0.05, 0.1) is 0 Å². The highest BCUT2D eigenvalue weighted by Crippen LogP contribution is 2.23. The molecule has 19 heavy (non-hydrogen) atoms. The molecule has 1 N–H and O–H groups in total. The molecular weight excluding hydrogens is 238 g/mol. The van der Waals surface area contributed by atoms with E-state index in [0.29, 0.717) is 6.04 Å². The Labute approximate surface area is 115 Å². The lowest BCUT2D eigenvalue weighted by Crippen LogP contribution is -2.40. The highest BCUT2D eigenvalue weighted by Gasteiger charge is 2.20. The van der Waals surface area contributed by atoms with Crippen LogP contribution in [-0.4, -0.2) is 18.6 Å². The fourth-order valence-electron chi connectivity index (χ4n) is 2.69. The highest BCUT2D eigenvalue weighted by molar-refractivity contribution is 5.77. The zero-order valence-electron chi connectivity index (χ0n) is 11.8. The summed E-state index contributed by atoms with van der Waals surface area (Å²) in [5.74, 6) is 1.46. The van der Waals surface area contributed by atoms with Gasteiger partial charge in [-0.25, -0.2) is 0 Å². The Morgan fingerprint density at radius 3 is 3.00 bits per heavy atom. The molecule has 0 bridgehead atoms. The normalized spacial score (nSPS) is 22.8. The van der Waals surface area contributed by atoms with Gasteiger partial charge >= 0.3 is 0 Å². The molecule has 3 nitrogen and oxygen atoms in total. The maximum Gasteiger partial charge on any atom is 0.258 e. The van der Waals surface area contributed by atoms with Crippen LogP contribution in [0.5, 0.6) is 5.75 Å². The van der Waals surface area contributed by atoms with E-state index in [4.69, 9.17) is 4.74 Å². The minimum Gasteiger partial charge on any atom is -0.484 e. The summed E-state index contributed by atoms with van der Waals surface area (Å²) in [5.41, 5.74) is 1.14. The van der Waals surface area contributed by atoms with Crippen molar-refractivity contribution in [2.45, 2.75) is 45.6 Å². The van der Waals surface area contributed by atoms with E-state index in [2.05, 4.69) is 12.2 Å². The first-order chi connectivity index (χ1) is 9.13. The number of amides is 1. The second-order valence-electron chi connectivity index (χ2n) is 5.64. The first-order valence-electron chi connectivity index (χ1n) is 7.12. The van der Waals surface area contributed by atoms with Gasteiger partial charge in [-0.15, -0.1) is 0 Å². The SMILES string of the molecule is Cc1cccc(OCC(=O)NC2CCCC(C)C2)c1. The molecule has 1 aliphatic carbocycles. The van der Waals surface area contributed by atoms with E-state index < -0.39 is 0 Å². The Balaban J connectivity index is 1.75. The molecule has 1 aliphatic rings. The average molecular weight is 261 g/mol. The van der Waals surface area contributed by atoms with E-state index in [-0.39, 0.29) is 12.5 Å². The number of benzene rings is 1. The summed E-state index contributed by atoms with van der Waals surface area (Å²) >= 11 is 0. The van der Waals surface area contributed by atoms with E-state index in [1.165, 1.54) is 12.8 Å². The summed E-state index contributed by atoms with van der Waals surface area (Å²) in [5, 5.41) is 3.07. The van der Waals surface area contributed by atoms with Crippen LogP contribution < -0.4 is 10.1 Å². The first-order valence-corrected chi connectivity index (χ1v) is 7.12. The smallest absolute Gasteiger partial charge is 0.258 e. The van der Waals surface area contributed by atoms with Gasteiger partial charge in [0.25, 0.3) is 5.91 Å². The quantitative estimate of drug-likeness (QED) is 0.904. The van der Waals surface area contributed by atoms with Crippen molar-refractivity contribution in [3.8, 4) is 5.75 Å². The fraction of sp³-hybridized carbons (Fsp3) is 0.562. The van der Waals surface area contributed by atoms with Crippen LogP contribution in [0.2, 0.25) is 0 Å². The summed E-state index contributed by atoms with van der Waals surface area (Å²) in [4.78, 5) is 11.8. The molecule has 2 rings (SSSR count). The lowest BCUT2D eigenvalue weighted by molar-refractivity contribution is -0.124. The van der Waals surface area contributed by atoms with E-state index >= 15 is 0 Å². The van der Waals surface area contributed by atoms with Crippen molar-refractivity contribution in [1.82, 2.24) is 5.32 Å². The fourth-order valence-corrected chi connectivity index (χ4v) is 2.69. The van der Waals surface area contributed by atoms with Gasteiger partial charge in [0.2, 0.25) is 0 Å². The summed E-state index contributed by atoms with van der Waals surface area (Å²) in [6.07, 6.45) is 4.69. The molecule has 2 unspecified atom stereocenters. The van der Waals surface area contributed by atoms with Gasteiger partial charge < -0.3 is 10.1 Å². The van der Waals surface area contributed by atoms with Crippen LogP contribution in [0.25, 0.3) is 0 Å². The van der Waals surface area contributed by atoms with Gasteiger partial charge in [0.1, 0.15) is 5.75 Å². The molecule has 0 spiro atoms. The van der Waals surface area contributed by atoms with Crippen LogP contribution in [0.4, 0.5) is 0 Å². The van der Waals surface area contributed by atoms with Crippen LogP contribution in [0.15, 0.2) is 24.3 Å². The van der Waals surface area contributed by atoms with E-state index in [9.17, 15) is 4.79 Å². The molecule has 1 amide bonds. The number of hydrogen-bond acceptors (Lipinski definition) is 2. The van der Waals surface area contributed by atoms with E-state index in [1.807, 2.05) is 31.2 Å². The summed E-state index contributed by atoms with van der Waals surface area (Å²) in [7, 11) is 0. The third-order valence-corrected chi connectivity index (χ3v) is 3.66. The zero-order chi connectivity index (χ0) is 13.7. The second-order valence-corrected chi connectivity index (χ2v) is 5.64. The Morgan fingerprint density at radius 1 is 1.42 bits per heavy atom. The van der Waals surface area contributed by atoms with Gasteiger partial charge in [-0.3, -0.25) is 4.79 Å². The molecule has 2 atom stereocenters. The molecule has 0 aromatic heterocycles. The second kappa shape index (κ2) is 6.60. The molecule has 1 fully saturated rings. The Bertz CT molecular complexity index is 431. The Morgan fingerprint density at radius 2 is 2.26 bits per heavy atom. The molecule has 1 saturated carbocycles. The Kier molecular flexibility index (Phi) is 4.83. The van der Waals surface area contributed by atoms with Crippen molar-refractivity contribution >= 4 is 5.91 Å². The van der Waals surface area contributed by atoms with Gasteiger partial charge in [-0.1, -0.05) is 31.9 Å². The minimum atomic E-state index is -0.0133. The summed E-state index contributed by atoms with van der Waals surface area (Å²) in [6, 6.07) is 8.10. The van der Waals surface area contributed by atoms with Crippen molar-refractivity contribution < 1.29 is 9.53 Å². The summed E-state index contributed by atoms with van der Waals surface area (Å²) in [6.45, 7) is 4.37. The largest absolute Gasteiger partial charge is 0.484 e. The number of nitrogens with one attached hydrogen (secondary N) is 1. The average Bonchev–Trinajstić information content (AvgIpc) is 2.36. The molecule has 0 saturated heterocycles. The lowest BCUT2D eigenvalue weighted by atomic mass is 9.87. The van der Waals surface area contributed by atoms with Crippen LogP contribution in [0.1, 0.15) is 38.2 Å². The van der Waals surface area contributed by atoms with Crippen molar-refractivity contribution in [3.05, 3.63) is 29.8 Å². The first kappa shape index (κ1) is 13.9. The van der Waals surface area contributed by atoms with Gasteiger partial charge in [-0.05, 0) is 43.4 Å². The molecule has 0 radical (unpaired) electrons. The predicted molar refractivity (Wildman–Crippen MR) is 76.2 cm³/mol. The minimum absolute atomic E-state index is 0.0133. The highest BCUT2D eigenvalue weighted by atomic mass is 16.5. The third kappa shape index (κ3) is 4.58. The zero-order valence-corrected chi connectivity index (χ0v) is 11.8. The lowest BCUT2D eigenvalue weighted by Gasteiger charge is -2.27. The molecule has 104 valence electrons. The van der Waals surface area contributed by atoms with Crippen LogP contribution in [0, 0.1) is 12.8 Å². The van der Waals surface area contributed by atoms with Crippen molar-refractivity contribution in [1.29, 1.82) is 0 Å². The summed E-state index contributed by atoms with van der Waals surface area (Å²) < 4.78 is 5.50. The predicted octanol–water partition coefficient (Wildman–Crippen LogP) is 3.07. The number of carbonyl (C=O) groups excluding carboxylic acids is 1. The number of ether oxygens (including phenoxy) is 1. The van der Waals surface area contributed by atoms with E-state index in [0.717, 1.165) is 30.1 Å². The van der Waals surface area contributed by atoms with Gasteiger partial charge in [0, 0.05) is 6.04 Å². The molecule has 1 aromatic carbocycles. The number of rotatable bonds is 4. The molecule has 0 heterocycles. The molecule has 3 heteroatoms. The van der Waals surface area contributed by atoms with Crippen molar-refractivity contribution in [2.75, 3.05) is 6.61 Å². The number of carbonyl (C=O) groups is 1. The van der Waals surface area contributed by atoms with Gasteiger partial charge in [0.15, 0.2) is 6.61 Å². The van der Waals surface area contributed by atoms with Crippen molar-refractivity contribution in [2.24, 2.45) is 5.92 Å². The number of hydrogen-bond donors (Lipinski definition) is 1. The topological polar surface area (TPSA) is 38.3 Å². The van der Waals surface area contributed by atoms with Crippen LogP contribution in [0.3, 0.4) is 0 Å². The van der Waals surface area contributed by atoms with Gasteiger partial charge in [-0.2, -0.15) is 0 Å². The number of aryl methyl sites for hydroxylation is 1. The van der Waals surface area contributed by atoms with Crippen LogP contribution in [-0.2, 0) is 4.79 Å². The maximum absolute atomic E-state index is 11.8. The van der Waals surface area contributed by atoms with E-state index in [1.54, 1.807) is 0 Å². The Hall–Kier alpha value is -1.51.